The van der Waals surface area contributed by atoms with E-state index in [1.54, 1.807) is 24.3 Å². The Morgan fingerprint density at radius 3 is 2.16 bits per heavy atom. The third kappa shape index (κ3) is 6.37. The SMILES string of the molecule is Cc1cc(C)cc(NC(=O)COc2ccc(S(=O)(=O)Nc3ccc(Cl)cc3)cc2Cl)c1. The third-order valence-electron chi connectivity index (χ3n) is 4.17. The summed E-state index contributed by atoms with van der Waals surface area (Å²) >= 11 is 12.0. The summed E-state index contributed by atoms with van der Waals surface area (Å²) in [6.45, 7) is 3.61. The van der Waals surface area contributed by atoms with Gasteiger partial charge in [-0.25, -0.2) is 8.42 Å². The second-order valence-corrected chi connectivity index (χ2v) is 9.44. The van der Waals surface area contributed by atoms with Crippen LogP contribution in [0.5, 0.6) is 5.75 Å². The number of anilines is 2. The van der Waals surface area contributed by atoms with E-state index in [0.717, 1.165) is 11.1 Å². The maximum Gasteiger partial charge on any atom is 0.262 e. The highest BCUT2D eigenvalue weighted by molar-refractivity contribution is 7.92. The van der Waals surface area contributed by atoms with Crippen LogP contribution >= 0.6 is 23.2 Å². The van der Waals surface area contributed by atoms with Gasteiger partial charge in [0.1, 0.15) is 5.75 Å². The molecule has 0 saturated heterocycles. The number of rotatable bonds is 7. The highest BCUT2D eigenvalue weighted by Crippen LogP contribution is 2.28. The number of nitrogens with one attached hydrogen (secondary N) is 2. The molecule has 0 aromatic heterocycles. The number of sulfonamides is 1. The zero-order valence-electron chi connectivity index (χ0n) is 16.8. The number of carbonyl (C=O) groups is 1. The highest BCUT2D eigenvalue weighted by Gasteiger charge is 2.17. The molecule has 3 aromatic carbocycles. The zero-order chi connectivity index (χ0) is 22.6. The molecule has 0 aliphatic carbocycles. The number of hydrogen-bond acceptors (Lipinski definition) is 4. The van der Waals surface area contributed by atoms with Crippen molar-refractivity contribution in [3.05, 3.63) is 81.8 Å². The van der Waals surface area contributed by atoms with Crippen LogP contribution in [0, 0.1) is 13.8 Å². The number of halogens is 2. The monoisotopic (exact) mass is 478 g/mol. The smallest absolute Gasteiger partial charge is 0.262 e. The minimum absolute atomic E-state index is 0.0421. The van der Waals surface area contributed by atoms with Crippen LogP contribution in [-0.4, -0.2) is 20.9 Å². The first-order valence-electron chi connectivity index (χ1n) is 9.21. The van der Waals surface area contributed by atoms with Crippen LogP contribution < -0.4 is 14.8 Å². The summed E-state index contributed by atoms with van der Waals surface area (Å²) < 4.78 is 33.0. The average molecular weight is 479 g/mol. The summed E-state index contributed by atoms with van der Waals surface area (Å²) in [5, 5.41) is 3.32. The molecule has 0 spiro atoms. The van der Waals surface area contributed by atoms with Gasteiger partial charge in [-0.2, -0.15) is 0 Å². The summed E-state index contributed by atoms with van der Waals surface area (Å²) in [5.41, 5.74) is 3.10. The van der Waals surface area contributed by atoms with Gasteiger partial charge in [0, 0.05) is 16.4 Å². The lowest BCUT2D eigenvalue weighted by molar-refractivity contribution is -0.118. The van der Waals surface area contributed by atoms with Gasteiger partial charge >= 0.3 is 0 Å². The molecule has 0 aliphatic heterocycles. The van der Waals surface area contributed by atoms with Gasteiger partial charge in [-0.1, -0.05) is 29.3 Å². The van der Waals surface area contributed by atoms with Gasteiger partial charge in [-0.3, -0.25) is 9.52 Å². The molecule has 2 N–H and O–H groups in total. The summed E-state index contributed by atoms with van der Waals surface area (Å²) in [7, 11) is -3.86. The predicted molar refractivity (Wildman–Crippen MR) is 124 cm³/mol. The van der Waals surface area contributed by atoms with Crippen molar-refractivity contribution < 1.29 is 17.9 Å². The van der Waals surface area contributed by atoms with Gasteiger partial charge < -0.3 is 10.1 Å². The normalized spacial score (nSPS) is 11.1. The molecule has 6 nitrogen and oxygen atoms in total. The second-order valence-electron chi connectivity index (χ2n) is 6.92. The Hall–Kier alpha value is -2.74. The lowest BCUT2D eigenvalue weighted by Gasteiger charge is -2.12. The number of benzene rings is 3. The van der Waals surface area contributed by atoms with E-state index >= 15 is 0 Å². The molecule has 31 heavy (non-hydrogen) atoms. The van der Waals surface area contributed by atoms with E-state index in [9.17, 15) is 13.2 Å². The molecule has 9 heteroatoms. The van der Waals surface area contributed by atoms with Crippen molar-refractivity contribution in [1.82, 2.24) is 0 Å². The number of ether oxygens (including phenoxy) is 1. The molecule has 0 radical (unpaired) electrons. The van der Waals surface area contributed by atoms with E-state index < -0.39 is 10.0 Å². The van der Waals surface area contributed by atoms with Crippen molar-refractivity contribution in [1.29, 1.82) is 0 Å². The van der Waals surface area contributed by atoms with Crippen LogP contribution in [0.1, 0.15) is 11.1 Å². The van der Waals surface area contributed by atoms with Crippen molar-refractivity contribution in [2.24, 2.45) is 0 Å². The first-order valence-corrected chi connectivity index (χ1v) is 11.5. The number of carbonyl (C=O) groups excluding carboxylic acids is 1. The Morgan fingerprint density at radius 1 is 0.903 bits per heavy atom. The van der Waals surface area contributed by atoms with Crippen molar-refractivity contribution >= 4 is 50.5 Å². The molecule has 0 fully saturated rings. The molecule has 3 rings (SSSR count). The molecular formula is C22H20Cl2N2O4S. The van der Waals surface area contributed by atoms with Crippen LogP contribution in [-0.2, 0) is 14.8 Å². The van der Waals surface area contributed by atoms with Crippen LogP contribution in [0.15, 0.2) is 65.6 Å². The summed E-state index contributed by atoms with van der Waals surface area (Å²) in [5.74, 6) is -0.162. The van der Waals surface area contributed by atoms with E-state index in [1.165, 1.54) is 18.2 Å². The van der Waals surface area contributed by atoms with Gasteiger partial charge in [0.05, 0.1) is 9.92 Å². The summed E-state index contributed by atoms with van der Waals surface area (Å²) in [6, 6.07) is 16.0. The van der Waals surface area contributed by atoms with Crippen LogP contribution in [0.4, 0.5) is 11.4 Å². The summed E-state index contributed by atoms with van der Waals surface area (Å²) in [6.07, 6.45) is 0. The quantitative estimate of drug-likeness (QED) is 0.474. The molecule has 162 valence electrons. The van der Waals surface area contributed by atoms with E-state index in [-0.39, 0.29) is 28.2 Å². The lowest BCUT2D eigenvalue weighted by atomic mass is 10.1. The molecule has 0 bridgehead atoms. The minimum Gasteiger partial charge on any atom is -0.482 e. The molecule has 0 unspecified atom stereocenters. The third-order valence-corrected chi connectivity index (χ3v) is 6.10. The fraction of sp³-hybridized carbons (Fsp3) is 0.136. The Balaban J connectivity index is 1.64. The molecule has 0 heterocycles. The van der Waals surface area contributed by atoms with Crippen molar-refractivity contribution in [2.75, 3.05) is 16.6 Å². The molecule has 0 saturated carbocycles. The highest BCUT2D eigenvalue weighted by atomic mass is 35.5. The Morgan fingerprint density at radius 2 is 1.55 bits per heavy atom. The van der Waals surface area contributed by atoms with Crippen LogP contribution in [0.3, 0.4) is 0 Å². The van der Waals surface area contributed by atoms with E-state index in [2.05, 4.69) is 10.0 Å². The standard InChI is InChI=1S/C22H20Cl2N2O4S/c1-14-9-15(2)11-18(10-14)25-22(27)13-30-21-8-7-19(12-20(21)24)31(28,29)26-17-5-3-16(23)4-6-17/h3-12,26H,13H2,1-2H3,(H,25,27). The van der Waals surface area contributed by atoms with Gasteiger partial charge in [-0.15, -0.1) is 0 Å². The Kier molecular flexibility index (Phi) is 7.10. The molecule has 0 atom stereocenters. The van der Waals surface area contributed by atoms with Crippen molar-refractivity contribution in [3.63, 3.8) is 0 Å². The predicted octanol–water partition coefficient (Wildman–Crippen LogP) is 5.43. The zero-order valence-corrected chi connectivity index (χ0v) is 19.1. The first-order chi connectivity index (χ1) is 14.6. The topological polar surface area (TPSA) is 84.5 Å². The lowest BCUT2D eigenvalue weighted by Crippen LogP contribution is -2.20. The molecular weight excluding hydrogens is 459 g/mol. The van der Waals surface area contributed by atoms with Crippen molar-refractivity contribution in [3.8, 4) is 5.75 Å². The summed E-state index contributed by atoms with van der Waals surface area (Å²) in [4.78, 5) is 12.1. The van der Waals surface area contributed by atoms with Gasteiger partial charge in [0.2, 0.25) is 0 Å². The second kappa shape index (κ2) is 9.60. The maximum atomic E-state index is 12.6. The van der Waals surface area contributed by atoms with E-state index in [4.69, 9.17) is 27.9 Å². The van der Waals surface area contributed by atoms with Crippen LogP contribution in [0.2, 0.25) is 10.0 Å². The fourth-order valence-corrected chi connectivity index (χ4v) is 4.40. The minimum atomic E-state index is -3.86. The van der Waals surface area contributed by atoms with Crippen LogP contribution in [0.25, 0.3) is 0 Å². The Labute approximate surface area is 191 Å². The van der Waals surface area contributed by atoms with Crippen molar-refractivity contribution in [2.45, 2.75) is 18.7 Å². The van der Waals surface area contributed by atoms with E-state index in [1.807, 2.05) is 32.0 Å². The maximum absolute atomic E-state index is 12.6. The molecule has 3 aromatic rings. The molecule has 0 aliphatic rings. The first kappa shape index (κ1) is 22.9. The van der Waals surface area contributed by atoms with Gasteiger partial charge in [-0.05, 0) is 79.6 Å². The van der Waals surface area contributed by atoms with Gasteiger partial charge in [0.15, 0.2) is 6.61 Å². The average Bonchev–Trinajstić information content (AvgIpc) is 2.68. The number of amides is 1. The number of aryl methyl sites for hydroxylation is 2. The van der Waals surface area contributed by atoms with Gasteiger partial charge in [0.25, 0.3) is 15.9 Å². The number of hydrogen-bond donors (Lipinski definition) is 2. The van der Waals surface area contributed by atoms with E-state index in [0.29, 0.717) is 16.4 Å². The fourth-order valence-electron chi connectivity index (χ4n) is 2.89. The molecule has 1 amide bonds. The largest absolute Gasteiger partial charge is 0.482 e. The Bertz CT molecular complexity index is 1190.